The number of aromatic amines is 1. The Bertz CT molecular complexity index is 636. The Kier molecular flexibility index (Phi) is 5.74. The van der Waals surface area contributed by atoms with Crippen molar-refractivity contribution < 1.29 is 4.79 Å². The van der Waals surface area contributed by atoms with Crippen LogP contribution in [0.3, 0.4) is 0 Å². The van der Waals surface area contributed by atoms with Crippen LogP contribution in [-0.2, 0) is 11.2 Å². The Balaban J connectivity index is 2.24. The molecule has 118 valence electrons. The van der Waals surface area contributed by atoms with Crippen LogP contribution in [0.4, 0.5) is 5.82 Å². The molecule has 1 unspecified atom stereocenters. The summed E-state index contributed by atoms with van der Waals surface area (Å²) in [5.74, 6) is 0.480. The van der Waals surface area contributed by atoms with Crippen LogP contribution < -0.4 is 10.6 Å². The highest BCUT2D eigenvalue weighted by molar-refractivity contribution is 9.10. The van der Waals surface area contributed by atoms with E-state index in [-0.39, 0.29) is 11.8 Å². The SMILES string of the molecule is CCc1c(NC(=O)C(C)CNC)n[nH]c1-c1ccc(Br)cc1. The summed E-state index contributed by atoms with van der Waals surface area (Å²) in [4.78, 5) is 12.1. The molecule has 0 radical (unpaired) electrons. The molecule has 2 aromatic rings. The van der Waals surface area contributed by atoms with Crippen molar-refractivity contribution in [3.05, 3.63) is 34.3 Å². The Hall–Kier alpha value is -1.66. The maximum atomic E-state index is 12.1. The Morgan fingerprint density at radius 3 is 2.64 bits per heavy atom. The zero-order valence-corrected chi connectivity index (χ0v) is 14.6. The van der Waals surface area contributed by atoms with E-state index in [1.54, 1.807) is 0 Å². The minimum atomic E-state index is -0.109. The zero-order valence-electron chi connectivity index (χ0n) is 13.0. The van der Waals surface area contributed by atoms with Crippen LogP contribution in [0.2, 0.25) is 0 Å². The normalized spacial score (nSPS) is 12.2. The van der Waals surface area contributed by atoms with Gasteiger partial charge in [-0.15, -0.1) is 0 Å². The van der Waals surface area contributed by atoms with Gasteiger partial charge in [-0.1, -0.05) is 41.9 Å². The molecule has 0 saturated carbocycles. The molecule has 0 bridgehead atoms. The predicted octanol–water partition coefficient (Wildman–Crippen LogP) is 3.20. The molecule has 0 spiro atoms. The largest absolute Gasteiger partial charge is 0.319 e. The summed E-state index contributed by atoms with van der Waals surface area (Å²) in [5.41, 5.74) is 3.02. The zero-order chi connectivity index (χ0) is 16.1. The summed E-state index contributed by atoms with van der Waals surface area (Å²) in [6.45, 7) is 4.58. The van der Waals surface area contributed by atoms with Crippen molar-refractivity contribution in [2.45, 2.75) is 20.3 Å². The fraction of sp³-hybridized carbons (Fsp3) is 0.375. The molecule has 0 aliphatic rings. The number of H-pyrrole nitrogens is 1. The first kappa shape index (κ1) is 16.7. The highest BCUT2D eigenvalue weighted by atomic mass is 79.9. The fourth-order valence-electron chi connectivity index (χ4n) is 2.31. The van der Waals surface area contributed by atoms with Crippen molar-refractivity contribution in [1.82, 2.24) is 15.5 Å². The van der Waals surface area contributed by atoms with Crippen LogP contribution in [-0.4, -0.2) is 29.7 Å². The summed E-state index contributed by atoms with van der Waals surface area (Å²) < 4.78 is 1.03. The second kappa shape index (κ2) is 7.56. The number of nitrogens with zero attached hydrogens (tertiary/aromatic N) is 1. The first-order chi connectivity index (χ1) is 10.6. The average Bonchev–Trinajstić information content (AvgIpc) is 2.90. The number of rotatable bonds is 6. The topological polar surface area (TPSA) is 69.8 Å². The highest BCUT2D eigenvalue weighted by Crippen LogP contribution is 2.28. The summed E-state index contributed by atoms with van der Waals surface area (Å²) in [6, 6.07) is 8.02. The number of carbonyl (C=O) groups excluding carboxylic acids is 1. The standard InChI is InChI=1S/C16H21BrN4O/c1-4-13-14(11-5-7-12(17)8-6-11)20-21-15(13)19-16(22)10(2)9-18-3/h5-8,10,18H,4,9H2,1-3H3,(H2,19,20,21,22). The van der Waals surface area contributed by atoms with Gasteiger partial charge in [0.05, 0.1) is 5.69 Å². The van der Waals surface area contributed by atoms with E-state index in [2.05, 4.69) is 43.7 Å². The van der Waals surface area contributed by atoms with Crippen LogP contribution >= 0.6 is 15.9 Å². The first-order valence-corrected chi connectivity index (χ1v) is 8.14. The molecular weight excluding hydrogens is 344 g/mol. The molecule has 5 nitrogen and oxygen atoms in total. The number of amides is 1. The maximum absolute atomic E-state index is 12.1. The van der Waals surface area contributed by atoms with Crippen molar-refractivity contribution in [3.63, 3.8) is 0 Å². The predicted molar refractivity (Wildman–Crippen MR) is 92.8 cm³/mol. The lowest BCUT2D eigenvalue weighted by atomic mass is 10.1. The van der Waals surface area contributed by atoms with Gasteiger partial charge in [0.1, 0.15) is 0 Å². The van der Waals surface area contributed by atoms with Gasteiger partial charge in [0.15, 0.2) is 5.82 Å². The maximum Gasteiger partial charge on any atom is 0.229 e. The first-order valence-electron chi connectivity index (χ1n) is 7.35. The van der Waals surface area contributed by atoms with Gasteiger partial charge < -0.3 is 10.6 Å². The van der Waals surface area contributed by atoms with Crippen LogP contribution in [0.15, 0.2) is 28.7 Å². The second-order valence-electron chi connectivity index (χ2n) is 5.23. The highest BCUT2D eigenvalue weighted by Gasteiger charge is 2.18. The quantitative estimate of drug-likeness (QED) is 0.736. The van der Waals surface area contributed by atoms with Crippen molar-refractivity contribution in [3.8, 4) is 11.3 Å². The monoisotopic (exact) mass is 364 g/mol. The van der Waals surface area contributed by atoms with E-state index in [1.807, 2.05) is 38.2 Å². The van der Waals surface area contributed by atoms with E-state index in [9.17, 15) is 4.79 Å². The second-order valence-corrected chi connectivity index (χ2v) is 6.15. The molecule has 1 atom stereocenters. The van der Waals surface area contributed by atoms with E-state index >= 15 is 0 Å². The molecule has 1 aromatic heterocycles. The van der Waals surface area contributed by atoms with Crippen molar-refractivity contribution in [2.75, 3.05) is 18.9 Å². The number of aromatic nitrogens is 2. The van der Waals surface area contributed by atoms with E-state index in [0.717, 1.165) is 27.7 Å². The average molecular weight is 365 g/mol. The summed E-state index contributed by atoms with van der Waals surface area (Å²) in [7, 11) is 1.83. The van der Waals surface area contributed by atoms with Gasteiger partial charge in [-0.05, 0) is 31.2 Å². The van der Waals surface area contributed by atoms with Gasteiger partial charge in [-0.2, -0.15) is 5.10 Å². The van der Waals surface area contributed by atoms with Crippen molar-refractivity contribution in [1.29, 1.82) is 0 Å². The van der Waals surface area contributed by atoms with Crippen LogP contribution in [0.1, 0.15) is 19.4 Å². The number of benzene rings is 1. The third-order valence-corrected chi connectivity index (χ3v) is 4.08. The lowest BCUT2D eigenvalue weighted by Crippen LogP contribution is -2.29. The van der Waals surface area contributed by atoms with Gasteiger partial charge >= 0.3 is 0 Å². The summed E-state index contributed by atoms with van der Waals surface area (Å²) in [5, 5.41) is 13.2. The molecule has 2 rings (SSSR count). The molecule has 3 N–H and O–H groups in total. The number of halogens is 1. The molecule has 0 aliphatic heterocycles. The van der Waals surface area contributed by atoms with Crippen LogP contribution in [0.5, 0.6) is 0 Å². The molecule has 6 heteroatoms. The van der Waals surface area contributed by atoms with E-state index in [4.69, 9.17) is 0 Å². The van der Waals surface area contributed by atoms with Gasteiger partial charge in [0.2, 0.25) is 5.91 Å². The Morgan fingerprint density at radius 1 is 1.36 bits per heavy atom. The summed E-state index contributed by atoms with van der Waals surface area (Å²) >= 11 is 3.43. The molecule has 1 aromatic carbocycles. The minimum absolute atomic E-state index is 0.0297. The lowest BCUT2D eigenvalue weighted by molar-refractivity contribution is -0.119. The van der Waals surface area contributed by atoms with E-state index < -0.39 is 0 Å². The smallest absolute Gasteiger partial charge is 0.229 e. The van der Waals surface area contributed by atoms with Gasteiger partial charge in [0, 0.05) is 22.5 Å². The third-order valence-electron chi connectivity index (χ3n) is 3.55. The fourth-order valence-corrected chi connectivity index (χ4v) is 2.57. The molecule has 1 heterocycles. The summed E-state index contributed by atoms with van der Waals surface area (Å²) in [6.07, 6.45) is 0.790. The molecule has 1 amide bonds. The van der Waals surface area contributed by atoms with Gasteiger partial charge in [-0.25, -0.2) is 0 Å². The third kappa shape index (κ3) is 3.75. The Labute approximate surface area is 139 Å². The molecule has 0 fully saturated rings. The minimum Gasteiger partial charge on any atom is -0.319 e. The number of anilines is 1. The van der Waals surface area contributed by atoms with Gasteiger partial charge in [-0.3, -0.25) is 9.89 Å². The Morgan fingerprint density at radius 2 is 2.05 bits per heavy atom. The van der Waals surface area contributed by atoms with Gasteiger partial charge in [0.25, 0.3) is 0 Å². The van der Waals surface area contributed by atoms with Crippen LogP contribution in [0, 0.1) is 5.92 Å². The molecular formula is C16H21BrN4O. The number of hydrogen-bond acceptors (Lipinski definition) is 3. The van der Waals surface area contributed by atoms with E-state index in [1.165, 1.54) is 0 Å². The van der Waals surface area contributed by atoms with Crippen LogP contribution in [0.25, 0.3) is 11.3 Å². The number of carbonyl (C=O) groups is 1. The molecule has 22 heavy (non-hydrogen) atoms. The van der Waals surface area contributed by atoms with Crippen molar-refractivity contribution in [2.24, 2.45) is 5.92 Å². The van der Waals surface area contributed by atoms with E-state index in [0.29, 0.717) is 12.4 Å². The molecule has 0 aliphatic carbocycles. The number of nitrogens with one attached hydrogen (secondary N) is 3. The lowest BCUT2D eigenvalue weighted by Gasteiger charge is -2.11. The number of hydrogen-bond donors (Lipinski definition) is 3. The van der Waals surface area contributed by atoms with Crippen molar-refractivity contribution >= 4 is 27.7 Å². The molecule has 0 saturated heterocycles.